The van der Waals surface area contributed by atoms with E-state index in [-0.39, 0.29) is 5.91 Å². The quantitative estimate of drug-likeness (QED) is 0.633. The molecule has 0 saturated carbocycles. The maximum Gasteiger partial charge on any atom is 0.271 e. The lowest BCUT2D eigenvalue weighted by Crippen LogP contribution is -2.20. The summed E-state index contributed by atoms with van der Waals surface area (Å²) in [6.45, 7) is 8.35. The van der Waals surface area contributed by atoms with Gasteiger partial charge in [0.15, 0.2) is 0 Å². The number of rotatable bonds is 5. The monoisotopic (exact) mass is 308 g/mol. The summed E-state index contributed by atoms with van der Waals surface area (Å²) < 4.78 is 0. The van der Waals surface area contributed by atoms with Crippen LogP contribution in [0.4, 0.5) is 0 Å². The summed E-state index contributed by atoms with van der Waals surface area (Å²) in [7, 11) is 0. The van der Waals surface area contributed by atoms with Gasteiger partial charge in [-0.15, -0.1) is 0 Å². The molecule has 3 nitrogen and oxygen atoms in total. The third-order valence-corrected chi connectivity index (χ3v) is 3.85. The van der Waals surface area contributed by atoms with Crippen LogP contribution in [0.1, 0.15) is 60.2 Å². The Morgan fingerprint density at radius 2 is 1.57 bits per heavy atom. The molecule has 2 rings (SSSR count). The topological polar surface area (TPSA) is 41.5 Å². The first-order chi connectivity index (χ1) is 11.0. The van der Waals surface area contributed by atoms with Gasteiger partial charge in [0.05, 0.1) is 5.71 Å². The van der Waals surface area contributed by atoms with Crippen LogP contribution >= 0.6 is 0 Å². The van der Waals surface area contributed by atoms with Crippen LogP contribution in [-0.4, -0.2) is 11.6 Å². The zero-order valence-electron chi connectivity index (χ0n) is 14.3. The molecule has 0 saturated heterocycles. The first-order valence-electron chi connectivity index (χ1n) is 8.05. The van der Waals surface area contributed by atoms with Crippen molar-refractivity contribution >= 4 is 11.6 Å². The molecular formula is C20H24N2O. The van der Waals surface area contributed by atoms with E-state index in [0.717, 1.165) is 17.7 Å². The summed E-state index contributed by atoms with van der Waals surface area (Å²) in [4.78, 5) is 12.2. The summed E-state index contributed by atoms with van der Waals surface area (Å²) in [6, 6.07) is 15.8. The van der Waals surface area contributed by atoms with Crippen molar-refractivity contribution in [2.24, 2.45) is 5.10 Å². The van der Waals surface area contributed by atoms with Crippen LogP contribution in [0.3, 0.4) is 0 Å². The number of hydrogen-bond donors (Lipinski definition) is 1. The Labute approximate surface area is 138 Å². The first kappa shape index (κ1) is 16.9. The van der Waals surface area contributed by atoms with Gasteiger partial charge in [-0.2, -0.15) is 5.10 Å². The minimum absolute atomic E-state index is 0.182. The number of amides is 1. The minimum Gasteiger partial charge on any atom is -0.267 e. The van der Waals surface area contributed by atoms with Gasteiger partial charge >= 0.3 is 0 Å². The number of aryl methyl sites for hydroxylation is 1. The molecule has 3 heteroatoms. The van der Waals surface area contributed by atoms with Crippen LogP contribution in [0.25, 0.3) is 0 Å². The average molecular weight is 308 g/mol. The lowest BCUT2D eigenvalue weighted by atomic mass is 10.0. The van der Waals surface area contributed by atoms with Crippen molar-refractivity contribution in [3.05, 3.63) is 70.8 Å². The van der Waals surface area contributed by atoms with Gasteiger partial charge in [0, 0.05) is 5.56 Å². The van der Waals surface area contributed by atoms with Gasteiger partial charge in [-0.25, -0.2) is 5.43 Å². The molecule has 0 unspecified atom stereocenters. The molecule has 0 heterocycles. The lowest BCUT2D eigenvalue weighted by Gasteiger charge is -2.08. The van der Waals surface area contributed by atoms with Crippen molar-refractivity contribution in [1.82, 2.24) is 5.43 Å². The number of carbonyl (C=O) groups is 1. The predicted molar refractivity (Wildman–Crippen MR) is 96.0 cm³/mol. The van der Waals surface area contributed by atoms with Gasteiger partial charge < -0.3 is 0 Å². The molecule has 0 atom stereocenters. The number of benzene rings is 2. The maximum atomic E-state index is 12.2. The largest absolute Gasteiger partial charge is 0.271 e. The summed E-state index contributed by atoms with van der Waals surface area (Å²) in [5.41, 5.74) is 7.62. The van der Waals surface area contributed by atoms with Crippen molar-refractivity contribution in [2.75, 3.05) is 0 Å². The van der Waals surface area contributed by atoms with Crippen LogP contribution in [-0.2, 0) is 0 Å². The highest BCUT2D eigenvalue weighted by atomic mass is 16.2. The molecule has 120 valence electrons. The fourth-order valence-electron chi connectivity index (χ4n) is 2.30. The van der Waals surface area contributed by atoms with Crippen molar-refractivity contribution in [3.8, 4) is 0 Å². The molecule has 1 amide bonds. The molecule has 0 aromatic heterocycles. The van der Waals surface area contributed by atoms with E-state index in [1.807, 2.05) is 55.5 Å². The van der Waals surface area contributed by atoms with Crippen LogP contribution in [0.2, 0.25) is 0 Å². The van der Waals surface area contributed by atoms with E-state index in [9.17, 15) is 4.79 Å². The third kappa shape index (κ3) is 4.52. The summed E-state index contributed by atoms with van der Waals surface area (Å²) in [5.74, 6) is 0.275. The molecule has 0 bridgehead atoms. The van der Waals surface area contributed by atoms with Crippen LogP contribution in [0.5, 0.6) is 0 Å². The second kappa shape index (κ2) is 7.73. The van der Waals surface area contributed by atoms with Crippen LogP contribution in [0.15, 0.2) is 53.6 Å². The summed E-state index contributed by atoms with van der Waals surface area (Å²) >= 11 is 0. The van der Waals surface area contributed by atoms with Gasteiger partial charge in [0.2, 0.25) is 0 Å². The zero-order valence-corrected chi connectivity index (χ0v) is 14.3. The Morgan fingerprint density at radius 1 is 1.00 bits per heavy atom. The van der Waals surface area contributed by atoms with E-state index in [4.69, 9.17) is 0 Å². The van der Waals surface area contributed by atoms with E-state index in [0.29, 0.717) is 11.5 Å². The van der Waals surface area contributed by atoms with Crippen LogP contribution < -0.4 is 5.43 Å². The van der Waals surface area contributed by atoms with Gasteiger partial charge in [-0.05, 0) is 42.5 Å². The molecule has 0 aliphatic carbocycles. The number of hydrazone groups is 1. The van der Waals surface area contributed by atoms with E-state index >= 15 is 0 Å². The van der Waals surface area contributed by atoms with Gasteiger partial charge in [0.25, 0.3) is 5.91 Å². The molecular weight excluding hydrogens is 284 g/mol. The minimum atomic E-state index is -0.182. The smallest absolute Gasteiger partial charge is 0.267 e. The Kier molecular flexibility index (Phi) is 5.69. The highest BCUT2D eigenvalue weighted by molar-refractivity contribution is 6.02. The van der Waals surface area contributed by atoms with Gasteiger partial charge in [-0.1, -0.05) is 62.7 Å². The summed E-state index contributed by atoms with van der Waals surface area (Å²) in [5, 5.41) is 4.29. The molecule has 2 aromatic carbocycles. The molecule has 0 fully saturated rings. The SMILES string of the molecule is CC/C(=N\NC(=O)c1ccc(C(C)C)cc1)c1ccc(C)cc1. The molecule has 23 heavy (non-hydrogen) atoms. The Morgan fingerprint density at radius 3 is 2.09 bits per heavy atom. The van der Waals surface area contributed by atoms with E-state index in [1.54, 1.807) is 0 Å². The van der Waals surface area contributed by atoms with Crippen molar-refractivity contribution in [3.63, 3.8) is 0 Å². The van der Waals surface area contributed by atoms with E-state index in [1.165, 1.54) is 11.1 Å². The lowest BCUT2D eigenvalue weighted by molar-refractivity contribution is 0.0955. The van der Waals surface area contributed by atoms with Crippen molar-refractivity contribution in [1.29, 1.82) is 0 Å². The standard InChI is InChI=1S/C20H24N2O/c1-5-19(17-8-6-15(4)7-9-17)21-22-20(23)18-12-10-16(11-13-18)14(2)3/h6-14H,5H2,1-4H3,(H,22,23)/b21-19+. The Bertz CT molecular complexity index is 683. The maximum absolute atomic E-state index is 12.2. The first-order valence-corrected chi connectivity index (χ1v) is 8.05. The zero-order chi connectivity index (χ0) is 16.8. The van der Waals surface area contributed by atoms with Crippen molar-refractivity contribution < 1.29 is 4.79 Å². The fourth-order valence-corrected chi connectivity index (χ4v) is 2.30. The number of hydrogen-bond acceptors (Lipinski definition) is 2. The predicted octanol–water partition coefficient (Wildman–Crippen LogP) is 4.66. The number of nitrogens with zero attached hydrogens (tertiary/aromatic N) is 1. The fraction of sp³-hybridized carbons (Fsp3) is 0.300. The number of carbonyl (C=O) groups excluding carboxylic acids is 1. The second-order valence-electron chi connectivity index (χ2n) is 6.00. The molecule has 0 radical (unpaired) electrons. The summed E-state index contributed by atoms with van der Waals surface area (Å²) in [6.07, 6.45) is 0.760. The molecule has 0 spiro atoms. The van der Waals surface area contributed by atoms with Crippen molar-refractivity contribution in [2.45, 2.75) is 40.0 Å². The van der Waals surface area contributed by atoms with Gasteiger partial charge in [0.1, 0.15) is 0 Å². The highest BCUT2D eigenvalue weighted by Crippen LogP contribution is 2.14. The molecule has 0 aliphatic rings. The number of nitrogens with one attached hydrogen (secondary N) is 1. The molecule has 2 aromatic rings. The second-order valence-corrected chi connectivity index (χ2v) is 6.00. The third-order valence-electron chi connectivity index (χ3n) is 3.85. The normalized spacial score (nSPS) is 11.6. The van der Waals surface area contributed by atoms with Gasteiger partial charge in [-0.3, -0.25) is 4.79 Å². The van der Waals surface area contributed by atoms with Crippen LogP contribution in [0, 0.1) is 6.92 Å². The van der Waals surface area contributed by atoms with E-state index in [2.05, 4.69) is 31.3 Å². The Balaban J connectivity index is 2.10. The average Bonchev–Trinajstić information content (AvgIpc) is 2.56. The van der Waals surface area contributed by atoms with E-state index < -0.39 is 0 Å². The molecule has 1 N–H and O–H groups in total. The highest BCUT2D eigenvalue weighted by Gasteiger charge is 2.07. The Hall–Kier alpha value is -2.42. The molecule has 0 aliphatic heterocycles.